The lowest BCUT2D eigenvalue weighted by molar-refractivity contribution is 0.0691. The number of carbonyl (C=O) groups excluding carboxylic acids is 1. The van der Waals surface area contributed by atoms with Crippen LogP contribution >= 0.6 is 0 Å². The van der Waals surface area contributed by atoms with E-state index in [0.717, 1.165) is 5.56 Å². The summed E-state index contributed by atoms with van der Waals surface area (Å²) in [4.78, 5) is 27.3. The van der Waals surface area contributed by atoms with Crippen molar-refractivity contribution in [1.82, 2.24) is 4.90 Å². The molecule has 0 radical (unpaired) electrons. The molecule has 0 spiro atoms. The average molecular weight is 353 g/mol. The SMILES string of the molecule is Cc1ccc2oc3c(c(=O)c2c1)[C@H](c1cccc(F)c1)N(CCO)C3=O. The Morgan fingerprint density at radius 2 is 2.00 bits per heavy atom. The number of amides is 1. The zero-order chi connectivity index (χ0) is 18.4. The molecule has 1 atom stereocenters. The molecule has 4 rings (SSSR count). The van der Waals surface area contributed by atoms with Crippen molar-refractivity contribution in [2.75, 3.05) is 13.2 Å². The van der Waals surface area contributed by atoms with Crippen LogP contribution in [-0.2, 0) is 0 Å². The predicted octanol–water partition coefficient (Wildman–Crippen LogP) is 2.78. The van der Waals surface area contributed by atoms with Crippen molar-refractivity contribution in [1.29, 1.82) is 0 Å². The van der Waals surface area contributed by atoms with Crippen LogP contribution in [0.1, 0.15) is 33.3 Å². The fourth-order valence-electron chi connectivity index (χ4n) is 3.50. The van der Waals surface area contributed by atoms with Crippen LogP contribution in [0, 0.1) is 12.7 Å². The Bertz CT molecular complexity index is 1090. The highest BCUT2D eigenvalue weighted by Crippen LogP contribution is 2.38. The summed E-state index contributed by atoms with van der Waals surface area (Å²) in [6, 6.07) is 10.1. The summed E-state index contributed by atoms with van der Waals surface area (Å²) < 4.78 is 19.5. The predicted molar refractivity (Wildman–Crippen MR) is 93.6 cm³/mol. The van der Waals surface area contributed by atoms with Crippen LogP contribution in [0.5, 0.6) is 0 Å². The molecule has 1 aromatic heterocycles. The van der Waals surface area contributed by atoms with Crippen molar-refractivity contribution in [2.24, 2.45) is 0 Å². The van der Waals surface area contributed by atoms with Gasteiger partial charge >= 0.3 is 0 Å². The van der Waals surface area contributed by atoms with Gasteiger partial charge in [0.05, 0.1) is 23.6 Å². The highest BCUT2D eigenvalue weighted by molar-refractivity contribution is 5.99. The van der Waals surface area contributed by atoms with Crippen molar-refractivity contribution in [3.05, 3.63) is 81.0 Å². The van der Waals surface area contributed by atoms with Gasteiger partial charge < -0.3 is 14.4 Å². The minimum absolute atomic E-state index is 0.0129. The van der Waals surface area contributed by atoms with E-state index in [-0.39, 0.29) is 29.9 Å². The molecule has 0 aliphatic carbocycles. The number of aryl methyl sites for hydroxylation is 1. The van der Waals surface area contributed by atoms with Gasteiger partial charge in [-0.1, -0.05) is 23.8 Å². The van der Waals surface area contributed by atoms with Crippen molar-refractivity contribution in [3.63, 3.8) is 0 Å². The summed E-state index contributed by atoms with van der Waals surface area (Å²) in [5.41, 5.74) is 1.56. The number of hydrogen-bond donors (Lipinski definition) is 1. The van der Waals surface area contributed by atoms with Gasteiger partial charge in [0.25, 0.3) is 5.91 Å². The van der Waals surface area contributed by atoms with Crippen LogP contribution in [0.4, 0.5) is 4.39 Å². The molecule has 1 aliphatic heterocycles. The first-order chi connectivity index (χ1) is 12.5. The number of carbonyl (C=O) groups is 1. The van der Waals surface area contributed by atoms with E-state index in [9.17, 15) is 19.1 Å². The lowest BCUT2D eigenvalue weighted by atomic mass is 9.98. The topological polar surface area (TPSA) is 70.8 Å². The van der Waals surface area contributed by atoms with Crippen molar-refractivity contribution >= 4 is 16.9 Å². The fraction of sp³-hybridized carbons (Fsp3) is 0.200. The standard InChI is InChI=1S/C20H16FNO4/c1-11-5-6-15-14(9-11)18(24)16-17(12-3-2-4-13(21)10-12)22(7-8-23)20(25)19(16)26-15/h2-6,9-10,17,23H,7-8H2,1H3/t17-/m0/s1. The maximum absolute atomic E-state index is 13.8. The van der Waals surface area contributed by atoms with Crippen molar-refractivity contribution in [2.45, 2.75) is 13.0 Å². The second-order valence-corrected chi connectivity index (χ2v) is 6.35. The van der Waals surface area contributed by atoms with E-state index in [4.69, 9.17) is 4.42 Å². The van der Waals surface area contributed by atoms with Crippen LogP contribution in [0.2, 0.25) is 0 Å². The number of hydrogen-bond acceptors (Lipinski definition) is 4. The summed E-state index contributed by atoms with van der Waals surface area (Å²) >= 11 is 0. The fourth-order valence-corrected chi connectivity index (χ4v) is 3.50. The molecular formula is C20H16FNO4. The molecule has 0 saturated carbocycles. The molecular weight excluding hydrogens is 337 g/mol. The van der Waals surface area contributed by atoms with Gasteiger partial charge in [0, 0.05) is 6.54 Å². The molecule has 2 heterocycles. The number of fused-ring (bicyclic) bond motifs is 2. The molecule has 1 amide bonds. The first-order valence-electron chi connectivity index (χ1n) is 8.26. The Morgan fingerprint density at radius 3 is 2.73 bits per heavy atom. The smallest absolute Gasteiger partial charge is 0.290 e. The number of nitrogens with zero attached hydrogens (tertiary/aromatic N) is 1. The molecule has 0 saturated heterocycles. The highest BCUT2D eigenvalue weighted by Gasteiger charge is 2.42. The van der Waals surface area contributed by atoms with Gasteiger partial charge in [0.15, 0.2) is 5.43 Å². The van der Waals surface area contributed by atoms with E-state index in [0.29, 0.717) is 16.5 Å². The number of β-amino-alcohol motifs (C(OH)–C–C–N with tert-alkyl or cyclic N) is 1. The number of aliphatic hydroxyl groups is 1. The van der Waals surface area contributed by atoms with E-state index in [1.54, 1.807) is 24.3 Å². The Hall–Kier alpha value is -2.99. The maximum Gasteiger partial charge on any atom is 0.290 e. The Morgan fingerprint density at radius 1 is 1.19 bits per heavy atom. The largest absolute Gasteiger partial charge is 0.450 e. The molecule has 0 unspecified atom stereocenters. The molecule has 0 fully saturated rings. The van der Waals surface area contributed by atoms with Crippen LogP contribution < -0.4 is 5.43 Å². The molecule has 5 nitrogen and oxygen atoms in total. The first kappa shape index (κ1) is 16.5. The van der Waals surface area contributed by atoms with Gasteiger partial charge in [0.2, 0.25) is 5.76 Å². The zero-order valence-electron chi connectivity index (χ0n) is 14.0. The number of aliphatic hydroxyl groups excluding tert-OH is 1. The summed E-state index contributed by atoms with van der Waals surface area (Å²) in [5.74, 6) is -0.995. The summed E-state index contributed by atoms with van der Waals surface area (Å²) in [6.45, 7) is 1.59. The monoisotopic (exact) mass is 353 g/mol. The van der Waals surface area contributed by atoms with E-state index >= 15 is 0 Å². The Balaban J connectivity index is 2.03. The van der Waals surface area contributed by atoms with Crippen LogP contribution in [0.15, 0.2) is 51.7 Å². The van der Waals surface area contributed by atoms with Gasteiger partial charge in [-0.25, -0.2) is 4.39 Å². The normalized spacial score (nSPS) is 16.3. The Labute approximate surface area is 148 Å². The van der Waals surface area contributed by atoms with E-state index in [1.165, 1.54) is 23.1 Å². The van der Waals surface area contributed by atoms with Crippen LogP contribution in [0.25, 0.3) is 11.0 Å². The highest BCUT2D eigenvalue weighted by atomic mass is 19.1. The second kappa shape index (κ2) is 6.07. The van der Waals surface area contributed by atoms with Gasteiger partial charge in [-0.15, -0.1) is 0 Å². The number of halogens is 1. The number of benzene rings is 2. The maximum atomic E-state index is 13.8. The number of rotatable bonds is 3. The minimum atomic E-state index is -0.790. The summed E-state index contributed by atoms with van der Waals surface area (Å²) in [7, 11) is 0. The molecule has 1 aliphatic rings. The van der Waals surface area contributed by atoms with Gasteiger partial charge in [0.1, 0.15) is 11.4 Å². The Kier molecular flexibility index (Phi) is 3.85. The van der Waals surface area contributed by atoms with Gasteiger partial charge in [-0.3, -0.25) is 9.59 Å². The zero-order valence-corrected chi connectivity index (χ0v) is 14.0. The van der Waals surface area contributed by atoms with Gasteiger partial charge in [-0.05, 0) is 36.8 Å². The van der Waals surface area contributed by atoms with Crippen LogP contribution in [0.3, 0.4) is 0 Å². The second-order valence-electron chi connectivity index (χ2n) is 6.35. The van der Waals surface area contributed by atoms with Gasteiger partial charge in [-0.2, -0.15) is 0 Å². The van der Waals surface area contributed by atoms with Crippen molar-refractivity contribution in [3.8, 4) is 0 Å². The van der Waals surface area contributed by atoms with E-state index in [2.05, 4.69) is 0 Å². The summed E-state index contributed by atoms with van der Waals surface area (Å²) in [6.07, 6.45) is 0. The molecule has 1 N–H and O–H groups in total. The van der Waals surface area contributed by atoms with E-state index < -0.39 is 17.8 Å². The third-order valence-electron chi connectivity index (χ3n) is 4.63. The first-order valence-corrected chi connectivity index (χ1v) is 8.26. The average Bonchev–Trinajstić information content (AvgIpc) is 2.89. The molecule has 0 bridgehead atoms. The lowest BCUT2D eigenvalue weighted by Gasteiger charge is -2.24. The summed E-state index contributed by atoms with van der Waals surface area (Å²) in [5, 5.41) is 9.74. The van der Waals surface area contributed by atoms with Crippen LogP contribution in [-0.4, -0.2) is 29.1 Å². The molecule has 3 aromatic rings. The lowest BCUT2D eigenvalue weighted by Crippen LogP contribution is -2.32. The third kappa shape index (κ3) is 2.42. The molecule has 6 heteroatoms. The molecule has 132 valence electrons. The van der Waals surface area contributed by atoms with E-state index in [1.807, 2.05) is 6.92 Å². The molecule has 26 heavy (non-hydrogen) atoms. The third-order valence-corrected chi connectivity index (χ3v) is 4.63. The van der Waals surface area contributed by atoms with Crippen molar-refractivity contribution < 1.29 is 18.7 Å². The minimum Gasteiger partial charge on any atom is -0.450 e. The quantitative estimate of drug-likeness (QED) is 0.786. The molecule has 2 aromatic carbocycles.